The monoisotopic (exact) mass is 330 g/mol. The van der Waals surface area contributed by atoms with E-state index in [0.29, 0.717) is 0 Å². The molecule has 98 valence electrons. The summed E-state index contributed by atoms with van der Waals surface area (Å²) >= 11 is 3.61. The molecule has 0 bridgehead atoms. The molecule has 0 saturated heterocycles. The molecule has 0 heterocycles. The summed E-state index contributed by atoms with van der Waals surface area (Å²) in [6.45, 7) is 0. The minimum absolute atomic E-state index is 1.13. The van der Waals surface area contributed by atoms with Crippen LogP contribution in [0.5, 0.6) is 0 Å². The van der Waals surface area contributed by atoms with Crippen molar-refractivity contribution in [2.24, 2.45) is 0 Å². The minimum Gasteiger partial charge on any atom is -0.0616 e. The van der Waals surface area contributed by atoms with Crippen LogP contribution in [0.25, 0.3) is 43.8 Å². The van der Waals surface area contributed by atoms with Crippen LogP contribution in [0, 0.1) is 0 Å². The summed E-state index contributed by atoms with van der Waals surface area (Å²) in [5, 5.41) is 5.38. The zero-order valence-corrected chi connectivity index (χ0v) is 12.8. The molecule has 0 atom stereocenters. The van der Waals surface area contributed by atoms with Gasteiger partial charge in [0.1, 0.15) is 0 Å². The van der Waals surface area contributed by atoms with Gasteiger partial charge < -0.3 is 0 Å². The second-order valence-corrected chi connectivity index (χ2v) is 6.48. The van der Waals surface area contributed by atoms with E-state index in [0.717, 1.165) is 4.47 Å². The molecule has 0 nitrogen and oxygen atoms in total. The first kappa shape index (κ1) is 11.5. The highest BCUT2D eigenvalue weighted by Gasteiger charge is 2.23. The molecular weight excluding hydrogens is 320 g/mol. The maximum Gasteiger partial charge on any atom is 0.0181 e. The quantitative estimate of drug-likeness (QED) is 0.288. The third kappa shape index (κ3) is 1.44. The lowest BCUT2D eigenvalue weighted by molar-refractivity contribution is 1.65. The van der Waals surface area contributed by atoms with Crippen LogP contribution in [0.2, 0.25) is 0 Å². The molecule has 0 aromatic heterocycles. The number of benzene rings is 4. The molecule has 4 aromatic carbocycles. The number of hydrogen-bond acceptors (Lipinski definition) is 0. The molecule has 0 fully saturated rings. The van der Waals surface area contributed by atoms with E-state index in [2.05, 4.69) is 82.7 Å². The molecule has 0 aliphatic heterocycles. The summed E-state index contributed by atoms with van der Waals surface area (Å²) in [5.41, 5.74) is 5.42. The molecule has 4 aromatic rings. The highest BCUT2D eigenvalue weighted by atomic mass is 79.9. The normalized spacial score (nSPS) is 12.0. The van der Waals surface area contributed by atoms with Crippen LogP contribution in [0.3, 0.4) is 0 Å². The lowest BCUT2D eigenvalue weighted by Crippen LogP contribution is -1.80. The topological polar surface area (TPSA) is 0 Å². The Morgan fingerprint density at radius 3 is 2.43 bits per heavy atom. The van der Waals surface area contributed by atoms with Gasteiger partial charge in [-0.3, -0.25) is 0 Å². The predicted octanol–water partition coefficient (Wildman–Crippen LogP) is 6.40. The third-order valence-electron chi connectivity index (χ3n) is 4.43. The van der Waals surface area contributed by atoms with Gasteiger partial charge in [0, 0.05) is 4.47 Å². The minimum atomic E-state index is 1.13. The molecule has 0 amide bonds. The van der Waals surface area contributed by atoms with Gasteiger partial charge >= 0.3 is 0 Å². The molecule has 0 saturated carbocycles. The molecule has 0 radical (unpaired) electrons. The molecule has 1 aliphatic rings. The van der Waals surface area contributed by atoms with Crippen molar-refractivity contribution >= 4 is 37.5 Å². The molecular formula is C20H11Br. The van der Waals surface area contributed by atoms with Gasteiger partial charge in [-0.25, -0.2) is 0 Å². The average Bonchev–Trinajstić information content (AvgIpc) is 2.84. The van der Waals surface area contributed by atoms with Crippen molar-refractivity contribution in [3.05, 3.63) is 71.2 Å². The molecule has 1 heteroatoms. The van der Waals surface area contributed by atoms with Crippen molar-refractivity contribution in [1.82, 2.24) is 0 Å². The largest absolute Gasteiger partial charge is 0.0616 e. The highest BCUT2D eigenvalue weighted by molar-refractivity contribution is 9.10. The predicted molar refractivity (Wildman–Crippen MR) is 93.6 cm³/mol. The van der Waals surface area contributed by atoms with Crippen LogP contribution >= 0.6 is 15.9 Å². The highest BCUT2D eigenvalue weighted by Crippen LogP contribution is 2.50. The van der Waals surface area contributed by atoms with E-state index in [4.69, 9.17) is 0 Å². The summed E-state index contributed by atoms with van der Waals surface area (Å²) in [5.74, 6) is 0. The van der Waals surface area contributed by atoms with Gasteiger partial charge in [0.15, 0.2) is 0 Å². The van der Waals surface area contributed by atoms with Crippen molar-refractivity contribution in [3.8, 4) is 22.3 Å². The Morgan fingerprint density at radius 2 is 1.48 bits per heavy atom. The smallest absolute Gasteiger partial charge is 0.0181 e. The first-order valence-electron chi connectivity index (χ1n) is 7.08. The number of hydrogen-bond donors (Lipinski definition) is 0. The van der Waals surface area contributed by atoms with Crippen molar-refractivity contribution in [3.63, 3.8) is 0 Å². The molecule has 1 aliphatic carbocycles. The fourth-order valence-electron chi connectivity index (χ4n) is 3.58. The summed E-state index contributed by atoms with van der Waals surface area (Å²) < 4.78 is 1.13. The Labute approximate surface area is 131 Å². The van der Waals surface area contributed by atoms with Gasteiger partial charge in [-0.15, -0.1) is 0 Å². The number of rotatable bonds is 0. The van der Waals surface area contributed by atoms with E-state index in [1.165, 1.54) is 43.8 Å². The van der Waals surface area contributed by atoms with Crippen LogP contribution in [0.15, 0.2) is 71.2 Å². The SMILES string of the molecule is Brc1ccc2c(c1)-c1cccc3cc4ccccc4c-2c13. The van der Waals surface area contributed by atoms with E-state index in [-0.39, 0.29) is 0 Å². The maximum atomic E-state index is 3.61. The lowest BCUT2D eigenvalue weighted by atomic mass is 9.96. The van der Waals surface area contributed by atoms with Gasteiger partial charge in [0.25, 0.3) is 0 Å². The van der Waals surface area contributed by atoms with Crippen molar-refractivity contribution < 1.29 is 0 Å². The van der Waals surface area contributed by atoms with Crippen LogP contribution < -0.4 is 0 Å². The van der Waals surface area contributed by atoms with Gasteiger partial charge in [0.2, 0.25) is 0 Å². The van der Waals surface area contributed by atoms with E-state index < -0.39 is 0 Å². The Kier molecular flexibility index (Phi) is 2.17. The van der Waals surface area contributed by atoms with Crippen LogP contribution in [-0.2, 0) is 0 Å². The zero-order chi connectivity index (χ0) is 14.0. The second-order valence-electron chi connectivity index (χ2n) is 5.57. The van der Waals surface area contributed by atoms with Crippen molar-refractivity contribution in [2.45, 2.75) is 0 Å². The van der Waals surface area contributed by atoms with E-state index >= 15 is 0 Å². The molecule has 21 heavy (non-hydrogen) atoms. The van der Waals surface area contributed by atoms with Crippen LogP contribution in [0.4, 0.5) is 0 Å². The molecule has 0 spiro atoms. The lowest BCUT2D eigenvalue weighted by Gasteiger charge is -2.07. The van der Waals surface area contributed by atoms with Gasteiger partial charge in [-0.2, -0.15) is 0 Å². The number of fused-ring (bicyclic) bond motifs is 5. The second kappa shape index (κ2) is 3.96. The first-order valence-corrected chi connectivity index (χ1v) is 7.87. The van der Waals surface area contributed by atoms with Gasteiger partial charge in [0.05, 0.1) is 0 Å². The van der Waals surface area contributed by atoms with Gasteiger partial charge in [-0.1, -0.05) is 64.5 Å². The van der Waals surface area contributed by atoms with E-state index in [1.807, 2.05) is 0 Å². The summed E-state index contributed by atoms with van der Waals surface area (Å²) in [6.07, 6.45) is 0. The molecule has 0 N–H and O–H groups in total. The Balaban J connectivity index is 2.11. The molecule has 5 rings (SSSR count). The average molecular weight is 331 g/mol. The Bertz CT molecular complexity index is 1040. The maximum absolute atomic E-state index is 3.61. The third-order valence-corrected chi connectivity index (χ3v) is 4.92. The fraction of sp³-hybridized carbons (Fsp3) is 0. The fourth-order valence-corrected chi connectivity index (χ4v) is 3.94. The number of halogens is 1. The van der Waals surface area contributed by atoms with E-state index in [9.17, 15) is 0 Å². The van der Waals surface area contributed by atoms with Crippen molar-refractivity contribution in [2.75, 3.05) is 0 Å². The van der Waals surface area contributed by atoms with Crippen LogP contribution in [0.1, 0.15) is 0 Å². The standard InChI is InChI=1S/C20H11Br/c21-14-8-9-17-18(11-14)16-7-3-5-13-10-12-4-1-2-6-15(12)20(17)19(13)16/h1-11H. The summed E-state index contributed by atoms with van der Waals surface area (Å²) in [4.78, 5) is 0. The molecule has 0 unspecified atom stereocenters. The summed E-state index contributed by atoms with van der Waals surface area (Å²) in [7, 11) is 0. The van der Waals surface area contributed by atoms with Crippen LogP contribution in [-0.4, -0.2) is 0 Å². The Hall–Kier alpha value is -2.12. The summed E-state index contributed by atoms with van der Waals surface area (Å²) in [6, 6.07) is 24.2. The zero-order valence-electron chi connectivity index (χ0n) is 11.2. The first-order chi connectivity index (χ1) is 10.3. The van der Waals surface area contributed by atoms with E-state index in [1.54, 1.807) is 0 Å². The van der Waals surface area contributed by atoms with Crippen molar-refractivity contribution in [1.29, 1.82) is 0 Å². The Morgan fingerprint density at radius 1 is 0.619 bits per heavy atom. The van der Waals surface area contributed by atoms with Gasteiger partial charge in [-0.05, 0) is 62.0 Å².